The van der Waals surface area contributed by atoms with E-state index in [9.17, 15) is 11.0 Å². The molecule has 0 heterocycles. The maximum Gasteiger partial charge on any atom is 0.0629 e. The first-order valence-electron chi connectivity index (χ1n) is 28.3. The van der Waals surface area contributed by atoms with Gasteiger partial charge in [0.05, 0.1) is 21.9 Å². The summed E-state index contributed by atoms with van der Waals surface area (Å²) in [6.45, 7) is 0. The molecule has 0 bridgehead atoms. The molecule has 13 aromatic carbocycles. The van der Waals surface area contributed by atoms with Gasteiger partial charge in [0.2, 0.25) is 0 Å². The van der Waals surface area contributed by atoms with Crippen molar-refractivity contribution in [3.63, 3.8) is 0 Å². The fraction of sp³-hybridized carbons (Fsp3) is 0. The van der Waals surface area contributed by atoms with E-state index in [2.05, 4.69) is 0 Å². The highest BCUT2D eigenvalue weighted by molar-refractivity contribution is 6.24. The zero-order chi connectivity index (χ0) is 54.7. The first-order chi connectivity index (χ1) is 37.4. The minimum Gasteiger partial charge on any atom is -0.0616 e. The van der Waals surface area contributed by atoms with Crippen LogP contribution in [0.5, 0.6) is 0 Å². The summed E-state index contributed by atoms with van der Waals surface area (Å²) in [5.74, 6) is 0. The Labute approximate surface area is 382 Å². The van der Waals surface area contributed by atoms with Crippen LogP contribution in [0.4, 0.5) is 0 Å². The van der Waals surface area contributed by atoms with Crippen LogP contribution in [0.15, 0.2) is 230 Å². The molecule has 0 aromatic heterocycles. The average molecular weight is 799 g/mol. The minimum absolute atomic E-state index is 0.0506. The van der Waals surface area contributed by atoms with Crippen LogP contribution in [0.1, 0.15) is 21.9 Å². The Morgan fingerprint density at radius 3 is 0.758 bits per heavy atom. The lowest BCUT2D eigenvalue weighted by atomic mass is 9.84. The molecule has 0 aliphatic carbocycles. The average Bonchev–Trinajstić information content (AvgIpc) is 3.22. The molecule has 0 spiro atoms. The third-order valence-corrected chi connectivity index (χ3v) is 12.2. The summed E-state index contributed by atoms with van der Waals surface area (Å²) >= 11 is 0. The van der Waals surface area contributed by atoms with Crippen molar-refractivity contribution >= 4 is 86.2 Å². The number of hydrogen-bond acceptors (Lipinski definition) is 0. The molecule has 0 atom stereocenters. The maximum absolute atomic E-state index is 9.59. The standard InChI is InChI=1S/C62H38/c1-3-15-43-35-45(31-25-39(43)13-1)59-49-17-5-9-21-53(49)61(54-22-10-6-18-50(54)59)47-33-29-41-27-28-42-30-34-48(38-58(42)57(41)37-47)62-55-23-11-7-19-51(55)60(52-20-8-12-24-56(52)62)46-32-26-40-14-2-4-16-44(40)36-46/h1-38H/i5D,6D,7D,8D,9D,10D,11D,12D,17D,18D,19D,20D,21D,22D,23D,24D. The second kappa shape index (κ2) is 13.7. The Morgan fingerprint density at radius 1 is 0.210 bits per heavy atom. The zero-order valence-electron chi connectivity index (χ0n) is 48.7. The van der Waals surface area contributed by atoms with E-state index < -0.39 is 72.5 Å². The number of fused-ring (bicyclic) bond motifs is 9. The Balaban J connectivity index is 1.17. The van der Waals surface area contributed by atoms with Crippen molar-refractivity contribution in [2.75, 3.05) is 0 Å². The molecule has 0 amide bonds. The largest absolute Gasteiger partial charge is 0.0629 e. The molecule has 0 unspecified atom stereocenters. The molecule has 286 valence electrons. The highest BCUT2D eigenvalue weighted by Crippen LogP contribution is 2.47. The molecule has 0 aliphatic rings. The van der Waals surface area contributed by atoms with E-state index in [0.29, 0.717) is 43.8 Å². The highest BCUT2D eigenvalue weighted by Gasteiger charge is 2.20. The quantitative estimate of drug-likeness (QED) is 0.123. The van der Waals surface area contributed by atoms with E-state index in [0.717, 1.165) is 21.5 Å². The van der Waals surface area contributed by atoms with Gasteiger partial charge in [0, 0.05) is 0 Å². The van der Waals surface area contributed by atoms with E-state index in [1.165, 1.54) is 0 Å². The predicted octanol–water partition coefficient (Wildman–Crippen LogP) is 17.6. The minimum atomic E-state index is -0.531. The van der Waals surface area contributed by atoms with Gasteiger partial charge in [-0.2, -0.15) is 0 Å². The third-order valence-electron chi connectivity index (χ3n) is 12.2. The van der Waals surface area contributed by atoms with Gasteiger partial charge >= 0.3 is 0 Å². The highest BCUT2D eigenvalue weighted by atomic mass is 14.2. The Morgan fingerprint density at radius 2 is 0.452 bits per heavy atom. The summed E-state index contributed by atoms with van der Waals surface area (Å²) in [4.78, 5) is 0. The van der Waals surface area contributed by atoms with Crippen molar-refractivity contribution in [2.45, 2.75) is 0 Å². The molecular weight excluding hydrogens is 745 g/mol. The Bertz CT molecular complexity index is 4460. The van der Waals surface area contributed by atoms with Crippen molar-refractivity contribution < 1.29 is 21.9 Å². The Kier molecular flexibility index (Phi) is 4.99. The van der Waals surface area contributed by atoms with Gasteiger partial charge in [0.1, 0.15) is 0 Å². The van der Waals surface area contributed by atoms with Crippen molar-refractivity contribution in [1.29, 1.82) is 0 Å². The first-order valence-corrected chi connectivity index (χ1v) is 20.3. The predicted molar refractivity (Wildman–Crippen MR) is 268 cm³/mol. The monoisotopic (exact) mass is 798 g/mol. The molecular formula is C62H38. The molecule has 0 N–H and O–H groups in total. The van der Waals surface area contributed by atoms with E-state index in [4.69, 9.17) is 11.0 Å². The summed E-state index contributed by atoms with van der Waals surface area (Å²) < 4.78 is 148. The number of hydrogen-bond donors (Lipinski definition) is 0. The van der Waals surface area contributed by atoms with Crippen LogP contribution < -0.4 is 0 Å². The van der Waals surface area contributed by atoms with Gasteiger partial charge in [-0.1, -0.05) is 206 Å². The van der Waals surface area contributed by atoms with Gasteiger partial charge < -0.3 is 0 Å². The van der Waals surface area contributed by atoms with Crippen LogP contribution in [-0.4, -0.2) is 0 Å². The number of benzene rings is 13. The molecule has 62 heavy (non-hydrogen) atoms. The van der Waals surface area contributed by atoms with Gasteiger partial charge in [-0.05, 0) is 155 Å². The van der Waals surface area contributed by atoms with E-state index >= 15 is 0 Å². The fourth-order valence-corrected chi connectivity index (χ4v) is 9.45. The molecule has 0 aliphatic heterocycles. The summed E-state index contributed by atoms with van der Waals surface area (Å²) in [6, 6.07) is 33.4. The van der Waals surface area contributed by atoms with Crippen molar-refractivity contribution in [3.05, 3.63) is 230 Å². The summed E-state index contributed by atoms with van der Waals surface area (Å²) in [7, 11) is 0. The first kappa shape index (κ1) is 22.5. The lowest BCUT2D eigenvalue weighted by molar-refractivity contribution is 1.68. The summed E-state index contributed by atoms with van der Waals surface area (Å²) in [5, 5.41) is 6.52. The molecule has 0 heteroatoms. The molecule has 0 saturated heterocycles. The molecule has 0 nitrogen and oxygen atoms in total. The van der Waals surface area contributed by atoms with Gasteiger partial charge in [0.25, 0.3) is 0 Å². The third kappa shape index (κ3) is 5.34. The molecule has 0 radical (unpaired) electrons. The van der Waals surface area contributed by atoms with Crippen molar-refractivity contribution in [3.8, 4) is 44.5 Å². The molecule has 13 rings (SSSR count). The lowest BCUT2D eigenvalue weighted by Crippen LogP contribution is -1.92. The van der Waals surface area contributed by atoms with Crippen LogP contribution >= 0.6 is 0 Å². The molecule has 0 saturated carbocycles. The molecule has 0 fully saturated rings. The van der Waals surface area contributed by atoms with E-state index in [1.54, 1.807) is 24.3 Å². The fourth-order valence-electron chi connectivity index (χ4n) is 9.45. The van der Waals surface area contributed by atoms with E-state index in [-0.39, 0.29) is 89.5 Å². The van der Waals surface area contributed by atoms with Crippen LogP contribution in [-0.2, 0) is 0 Å². The SMILES string of the molecule is [2H]c1c([2H])c([2H])c2c(-c3ccc4ccc5ccc(-c6c7c([2H])c([2H])c([2H])c([2H])c7c(-c7ccc8ccccc8c7)c7c([2H])c([2H])c([2H])c([2H])c67)cc5c4c3)c3c([2H])c([2H])c([2H])c([2H])c3c(-c3ccc4ccccc4c3)c2c1[2H]. The maximum atomic E-state index is 9.59. The Hall–Kier alpha value is -8.06. The second-order valence-electron chi connectivity index (χ2n) is 15.6. The van der Waals surface area contributed by atoms with Crippen LogP contribution in [0.3, 0.4) is 0 Å². The van der Waals surface area contributed by atoms with Gasteiger partial charge in [-0.25, -0.2) is 0 Å². The van der Waals surface area contributed by atoms with Gasteiger partial charge in [-0.15, -0.1) is 0 Å². The lowest BCUT2D eigenvalue weighted by Gasteiger charge is -2.19. The van der Waals surface area contributed by atoms with Gasteiger partial charge in [0.15, 0.2) is 0 Å². The van der Waals surface area contributed by atoms with Crippen LogP contribution in [0.2, 0.25) is 0 Å². The van der Waals surface area contributed by atoms with Crippen LogP contribution in [0, 0.1) is 0 Å². The van der Waals surface area contributed by atoms with E-state index in [1.807, 2.05) is 109 Å². The number of rotatable bonds is 4. The van der Waals surface area contributed by atoms with Gasteiger partial charge in [-0.3, -0.25) is 0 Å². The second-order valence-corrected chi connectivity index (χ2v) is 15.6. The summed E-state index contributed by atoms with van der Waals surface area (Å²) in [6.07, 6.45) is 0. The zero-order valence-corrected chi connectivity index (χ0v) is 32.7. The topological polar surface area (TPSA) is 0 Å². The van der Waals surface area contributed by atoms with Crippen molar-refractivity contribution in [2.24, 2.45) is 0 Å². The van der Waals surface area contributed by atoms with Crippen LogP contribution in [0.25, 0.3) is 131 Å². The molecule has 13 aromatic rings. The normalized spacial score (nSPS) is 15.5. The summed E-state index contributed by atoms with van der Waals surface area (Å²) in [5.41, 5.74) is 2.49. The smallest absolute Gasteiger partial charge is 0.0616 e. The van der Waals surface area contributed by atoms with Crippen molar-refractivity contribution in [1.82, 2.24) is 0 Å².